The lowest BCUT2D eigenvalue weighted by molar-refractivity contribution is 0.0924. The number of likely N-dealkylation sites (tertiary alicyclic amines) is 1. The molecule has 0 saturated carbocycles. The Morgan fingerprint density at radius 3 is 2.79 bits per heavy atom. The number of nitrogens with zero attached hydrogens (tertiary/aromatic N) is 1. The maximum Gasteiger partial charge on any atom is 0.213 e. The van der Waals surface area contributed by atoms with Crippen molar-refractivity contribution in [2.75, 3.05) is 39.4 Å². The molecule has 0 aliphatic carbocycles. The van der Waals surface area contributed by atoms with Crippen LogP contribution in [0.4, 0.5) is 0 Å². The average molecular weight is 292 g/mol. The highest BCUT2D eigenvalue weighted by molar-refractivity contribution is 7.90. The van der Waals surface area contributed by atoms with Gasteiger partial charge in [-0.3, -0.25) is 0 Å². The maximum atomic E-state index is 11.7. The molecule has 0 aromatic heterocycles. The lowest BCUT2D eigenvalue weighted by Gasteiger charge is -2.32. The normalized spacial score (nSPS) is 22.0. The second-order valence-corrected chi connectivity index (χ2v) is 7.77. The van der Waals surface area contributed by atoms with Crippen LogP contribution in [0.15, 0.2) is 0 Å². The van der Waals surface area contributed by atoms with Crippen molar-refractivity contribution < 1.29 is 13.2 Å². The van der Waals surface area contributed by atoms with Gasteiger partial charge in [0.05, 0.1) is 11.9 Å². The van der Waals surface area contributed by atoms with Crippen LogP contribution >= 0.6 is 0 Å². The second-order valence-electron chi connectivity index (χ2n) is 5.45. The first-order valence-corrected chi connectivity index (χ1v) is 8.79. The monoisotopic (exact) mass is 292 g/mol. The molecule has 1 N–H and O–H groups in total. The molecule has 0 aromatic carbocycles. The smallest absolute Gasteiger partial charge is 0.213 e. The fraction of sp³-hybridized carbons (Fsp3) is 1.00. The molecule has 0 spiro atoms. The molecule has 1 fully saturated rings. The molecule has 1 aliphatic rings. The Balaban J connectivity index is 2.31. The van der Waals surface area contributed by atoms with Crippen molar-refractivity contribution in [3.8, 4) is 0 Å². The number of hydrogen-bond acceptors (Lipinski definition) is 4. The van der Waals surface area contributed by atoms with Crippen molar-refractivity contribution in [1.29, 1.82) is 0 Å². The zero-order valence-electron chi connectivity index (χ0n) is 12.4. The first-order chi connectivity index (χ1) is 8.95. The molecule has 6 heteroatoms. The van der Waals surface area contributed by atoms with E-state index in [1.165, 1.54) is 0 Å². The molecule has 1 unspecified atom stereocenters. The minimum Gasteiger partial charge on any atom is -0.380 e. The van der Waals surface area contributed by atoms with Gasteiger partial charge in [-0.2, -0.15) is 0 Å². The summed E-state index contributed by atoms with van der Waals surface area (Å²) in [5.74, 6) is 0.420. The minimum absolute atomic E-state index is 0.356. The van der Waals surface area contributed by atoms with E-state index in [1.807, 2.05) is 6.92 Å². The number of ether oxygens (including phenoxy) is 1. The summed E-state index contributed by atoms with van der Waals surface area (Å²) in [6.07, 6.45) is 2.24. The van der Waals surface area contributed by atoms with Crippen molar-refractivity contribution in [2.45, 2.75) is 38.9 Å². The van der Waals surface area contributed by atoms with Crippen LogP contribution in [0.2, 0.25) is 0 Å². The van der Waals surface area contributed by atoms with Gasteiger partial charge in [0.15, 0.2) is 0 Å². The summed E-state index contributed by atoms with van der Waals surface area (Å²) in [5.41, 5.74) is 0. The highest BCUT2D eigenvalue weighted by atomic mass is 32.2. The van der Waals surface area contributed by atoms with Crippen molar-refractivity contribution in [3.05, 3.63) is 0 Å². The molecular weight excluding hydrogens is 264 g/mol. The van der Waals surface area contributed by atoms with Crippen LogP contribution < -0.4 is 4.72 Å². The third-order valence-corrected chi connectivity index (χ3v) is 5.36. The van der Waals surface area contributed by atoms with Crippen molar-refractivity contribution in [2.24, 2.45) is 5.92 Å². The summed E-state index contributed by atoms with van der Waals surface area (Å²) in [4.78, 5) is 2.37. The predicted molar refractivity (Wildman–Crippen MR) is 77.7 cm³/mol. The lowest BCUT2D eigenvalue weighted by atomic mass is 9.98. The fourth-order valence-electron chi connectivity index (χ4n) is 2.26. The maximum absolute atomic E-state index is 11.7. The van der Waals surface area contributed by atoms with E-state index in [9.17, 15) is 8.42 Å². The van der Waals surface area contributed by atoms with Crippen molar-refractivity contribution >= 4 is 10.0 Å². The molecule has 0 amide bonds. The van der Waals surface area contributed by atoms with Gasteiger partial charge in [0.2, 0.25) is 10.0 Å². The topological polar surface area (TPSA) is 58.6 Å². The van der Waals surface area contributed by atoms with E-state index in [2.05, 4.69) is 9.62 Å². The standard InChI is InChI=1S/C13H28N2O3S/c1-4-18-9-8-15-7-5-6-13(11-15)10-14-19(16,17)12(2)3/h12-14H,4-11H2,1-3H3. The van der Waals surface area contributed by atoms with Gasteiger partial charge in [-0.05, 0) is 46.1 Å². The number of piperidine rings is 1. The van der Waals surface area contributed by atoms with Gasteiger partial charge in [-0.15, -0.1) is 0 Å². The molecule has 1 atom stereocenters. The Kier molecular flexibility index (Phi) is 7.28. The molecule has 114 valence electrons. The SMILES string of the molecule is CCOCCN1CCCC(CNS(=O)(=O)C(C)C)C1. The van der Waals surface area contributed by atoms with Crippen LogP contribution in [0.1, 0.15) is 33.6 Å². The van der Waals surface area contributed by atoms with E-state index in [1.54, 1.807) is 13.8 Å². The largest absolute Gasteiger partial charge is 0.380 e. The Morgan fingerprint density at radius 1 is 1.42 bits per heavy atom. The Morgan fingerprint density at radius 2 is 2.16 bits per heavy atom. The third kappa shape index (κ3) is 6.21. The molecule has 19 heavy (non-hydrogen) atoms. The van der Waals surface area contributed by atoms with Gasteiger partial charge >= 0.3 is 0 Å². The molecule has 1 rings (SSSR count). The van der Waals surface area contributed by atoms with Gasteiger partial charge in [-0.1, -0.05) is 0 Å². The molecule has 5 nitrogen and oxygen atoms in total. The number of rotatable bonds is 8. The molecule has 0 radical (unpaired) electrons. The van der Waals surface area contributed by atoms with E-state index < -0.39 is 10.0 Å². The summed E-state index contributed by atoms with van der Waals surface area (Å²) in [6, 6.07) is 0. The molecule has 0 aromatic rings. The molecule has 1 heterocycles. The zero-order chi connectivity index (χ0) is 14.3. The average Bonchev–Trinajstić information content (AvgIpc) is 2.37. The number of hydrogen-bond donors (Lipinski definition) is 1. The molecule has 0 bridgehead atoms. The summed E-state index contributed by atoms with van der Waals surface area (Å²) in [7, 11) is -3.13. The van der Waals surface area contributed by atoms with Crippen molar-refractivity contribution in [3.63, 3.8) is 0 Å². The minimum atomic E-state index is -3.13. The second kappa shape index (κ2) is 8.19. The Labute approximate surface area is 117 Å². The predicted octanol–water partition coefficient (Wildman–Crippen LogP) is 1.06. The highest BCUT2D eigenvalue weighted by Gasteiger charge is 2.22. The molecular formula is C13H28N2O3S. The third-order valence-electron chi connectivity index (χ3n) is 3.55. The van der Waals surface area contributed by atoms with Gasteiger partial charge in [0.1, 0.15) is 0 Å². The van der Waals surface area contributed by atoms with Crippen LogP contribution in [0.3, 0.4) is 0 Å². The fourth-order valence-corrected chi connectivity index (χ4v) is 3.06. The van der Waals surface area contributed by atoms with Gasteiger partial charge in [-0.25, -0.2) is 13.1 Å². The quantitative estimate of drug-likeness (QED) is 0.680. The zero-order valence-corrected chi connectivity index (χ0v) is 13.2. The van der Waals surface area contributed by atoms with E-state index >= 15 is 0 Å². The van der Waals surface area contributed by atoms with Gasteiger partial charge in [0.25, 0.3) is 0 Å². The van der Waals surface area contributed by atoms with Crippen molar-refractivity contribution in [1.82, 2.24) is 9.62 Å². The van der Waals surface area contributed by atoms with Crippen LogP contribution in [0.5, 0.6) is 0 Å². The summed E-state index contributed by atoms with van der Waals surface area (Å²) in [5, 5.41) is -0.356. The number of sulfonamides is 1. The summed E-state index contributed by atoms with van der Waals surface area (Å²) in [6.45, 7) is 10.5. The Hall–Kier alpha value is -0.170. The number of nitrogens with one attached hydrogen (secondary N) is 1. The van der Waals surface area contributed by atoms with Crippen LogP contribution in [0, 0.1) is 5.92 Å². The van der Waals surface area contributed by atoms with Gasteiger partial charge < -0.3 is 9.64 Å². The van der Waals surface area contributed by atoms with E-state index in [4.69, 9.17) is 4.74 Å². The summed E-state index contributed by atoms with van der Waals surface area (Å²) < 4.78 is 31.5. The van der Waals surface area contributed by atoms with E-state index in [0.717, 1.165) is 45.7 Å². The highest BCUT2D eigenvalue weighted by Crippen LogP contribution is 2.16. The summed E-state index contributed by atoms with van der Waals surface area (Å²) >= 11 is 0. The molecule has 1 saturated heterocycles. The van der Waals surface area contributed by atoms with E-state index in [0.29, 0.717) is 12.5 Å². The van der Waals surface area contributed by atoms with Crippen LogP contribution in [0.25, 0.3) is 0 Å². The lowest BCUT2D eigenvalue weighted by Crippen LogP contribution is -2.43. The van der Waals surface area contributed by atoms with Crippen LogP contribution in [-0.2, 0) is 14.8 Å². The first-order valence-electron chi connectivity index (χ1n) is 7.24. The van der Waals surface area contributed by atoms with Crippen LogP contribution in [-0.4, -0.2) is 58.0 Å². The molecule has 1 aliphatic heterocycles. The first kappa shape index (κ1) is 16.9. The Bertz CT molecular complexity index is 344. The van der Waals surface area contributed by atoms with Gasteiger partial charge in [0, 0.05) is 26.2 Å². The van der Waals surface area contributed by atoms with E-state index in [-0.39, 0.29) is 5.25 Å².